The molecule has 154 valence electrons. The fraction of sp³-hybridized carbons (Fsp3) is 0.400. The molecule has 0 spiro atoms. The molecule has 0 aliphatic heterocycles. The van der Waals surface area contributed by atoms with Gasteiger partial charge in [0.05, 0.1) is 12.8 Å². The Labute approximate surface area is 153 Å². The largest absolute Gasteiger partial charge is 0.490 e. The Bertz CT molecular complexity index is 773. The molecule has 1 N–H and O–H groups in total. The summed E-state index contributed by atoms with van der Waals surface area (Å²) in [5, 5.41) is 11.4. The molecule has 0 aromatic heterocycles. The highest BCUT2D eigenvalue weighted by Crippen LogP contribution is 2.46. The summed E-state index contributed by atoms with van der Waals surface area (Å²) in [5.74, 6) is -15.3. The molecular weight excluding hydrogens is 403 g/mol. The van der Waals surface area contributed by atoms with Crippen LogP contribution in [0.3, 0.4) is 0 Å². The van der Waals surface area contributed by atoms with Gasteiger partial charge in [0.15, 0.2) is 18.1 Å². The number of amides is 1. The number of nitrogens with zero attached hydrogens (tertiary/aromatic N) is 2. The SMILES string of the molecule is CCOc1cc(/C=N\NC(=O)C(F)(F)C(F)(F)C(F)(F)F)ccc1OCC#N. The number of hydrazone groups is 1. The second-order valence-electron chi connectivity index (χ2n) is 4.93. The second-order valence-corrected chi connectivity index (χ2v) is 4.93. The molecule has 0 atom stereocenters. The number of carbonyl (C=O) groups excluding carboxylic acids is 1. The van der Waals surface area contributed by atoms with Gasteiger partial charge in [0, 0.05) is 0 Å². The summed E-state index contributed by atoms with van der Waals surface area (Å²) in [6.07, 6.45) is -5.93. The molecule has 0 aliphatic carbocycles. The van der Waals surface area contributed by atoms with Gasteiger partial charge in [0.2, 0.25) is 0 Å². The normalized spacial score (nSPS) is 12.5. The minimum absolute atomic E-state index is 0.0963. The van der Waals surface area contributed by atoms with E-state index in [0.717, 1.165) is 5.43 Å². The quantitative estimate of drug-likeness (QED) is 0.401. The number of nitrogens with one attached hydrogen (secondary N) is 1. The first-order chi connectivity index (χ1) is 12.9. The van der Waals surface area contributed by atoms with E-state index in [0.29, 0.717) is 6.21 Å². The second kappa shape index (κ2) is 8.77. The van der Waals surface area contributed by atoms with E-state index in [1.165, 1.54) is 18.2 Å². The van der Waals surface area contributed by atoms with Gasteiger partial charge < -0.3 is 9.47 Å². The third-order valence-electron chi connectivity index (χ3n) is 2.98. The minimum atomic E-state index is -6.64. The van der Waals surface area contributed by atoms with Crippen LogP contribution >= 0.6 is 0 Å². The van der Waals surface area contributed by atoms with Crippen LogP contribution in [0.4, 0.5) is 30.7 Å². The third-order valence-corrected chi connectivity index (χ3v) is 2.98. The number of carbonyl (C=O) groups is 1. The van der Waals surface area contributed by atoms with Crippen LogP contribution in [0.15, 0.2) is 23.3 Å². The maximum absolute atomic E-state index is 13.1. The van der Waals surface area contributed by atoms with Gasteiger partial charge >= 0.3 is 23.9 Å². The van der Waals surface area contributed by atoms with E-state index < -0.39 is 23.9 Å². The lowest BCUT2D eigenvalue weighted by molar-refractivity contribution is -0.344. The lowest BCUT2D eigenvalue weighted by atomic mass is 10.1. The number of nitriles is 1. The Morgan fingerprint density at radius 2 is 1.82 bits per heavy atom. The van der Waals surface area contributed by atoms with Gasteiger partial charge in [0.1, 0.15) is 6.07 Å². The van der Waals surface area contributed by atoms with Gasteiger partial charge in [-0.3, -0.25) is 4.79 Å². The van der Waals surface area contributed by atoms with Crippen molar-refractivity contribution in [3.63, 3.8) is 0 Å². The first-order valence-electron chi connectivity index (χ1n) is 7.31. The van der Waals surface area contributed by atoms with Gasteiger partial charge in [-0.25, -0.2) is 5.43 Å². The molecule has 0 fully saturated rings. The summed E-state index contributed by atoms with van der Waals surface area (Å²) < 4.78 is 98.1. The van der Waals surface area contributed by atoms with Gasteiger partial charge in [-0.05, 0) is 30.7 Å². The fourth-order valence-corrected chi connectivity index (χ4v) is 1.66. The number of hydrogen-bond acceptors (Lipinski definition) is 5. The molecule has 6 nitrogen and oxygen atoms in total. The molecule has 0 aliphatic rings. The number of alkyl halides is 7. The van der Waals surface area contributed by atoms with E-state index >= 15 is 0 Å². The smallest absolute Gasteiger partial charge is 0.460 e. The van der Waals surface area contributed by atoms with Gasteiger partial charge in [-0.1, -0.05) is 0 Å². The molecule has 1 aromatic rings. The molecule has 28 heavy (non-hydrogen) atoms. The lowest BCUT2D eigenvalue weighted by Gasteiger charge is -2.26. The number of ether oxygens (including phenoxy) is 2. The van der Waals surface area contributed by atoms with E-state index in [1.54, 1.807) is 13.0 Å². The van der Waals surface area contributed by atoms with Crippen molar-refractivity contribution < 1.29 is 45.0 Å². The Morgan fingerprint density at radius 3 is 2.36 bits per heavy atom. The minimum Gasteiger partial charge on any atom is -0.490 e. The zero-order valence-corrected chi connectivity index (χ0v) is 14.0. The first-order valence-corrected chi connectivity index (χ1v) is 7.31. The first kappa shape index (κ1) is 23.0. The van der Waals surface area contributed by atoms with Crippen LogP contribution in [0.5, 0.6) is 11.5 Å². The molecule has 1 aromatic carbocycles. The van der Waals surface area contributed by atoms with E-state index in [2.05, 4.69) is 5.10 Å². The van der Waals surface area contributed by atoms with Crippen molar-refractivity contribution >= 4 is 12.1 Å². The van der Waals surface area contributed by atoms with E-state index in [1.807, 2.05) is 0 Å². The lowest BCUT2D eigenvalue weighted by Crippen LogP contribution is -2.58. The standard InChI is InChI=1S/C15H12F7N3O3/c1-2-27-11-7-9(3-4-10(11)28-6-5-23)8-24-25-12(26)13(16,17)14(18,19)15(20,21)22/h3-4,7-8H,2,6H2,1H3,(H,25,26)/b24-8-. The highest BCUT2D eigenvalue weighted by Gasteiger charge is 2.76. The number of halogens is 7. The zero-order valence-electron chi connectivity index (χ0n) is 14.0. The highest BCUT2D eigenvalue weighted by molar-refractivity contribution is 5.87. The summed E-state index contributed by atoms with van der Waals surface area (Å²) in [5.41, 5.74) is 1.03. The van der Waals surface area contributed by atoms with E-state index in [-0.39, 0.29) is 30.3 Å². The Balaban J connectivity index is 2.93. The van der Waals surface area contributed by atoms with Crippen LogP contribution in [0.25, 0.3) is 0 Å². The topological polar surface area (TPSA) is 83.7 Å². The number of rotatable bonds is 8. The highest BCUT2D eigenvalue weighted by atomic mass is 19.4. The molecule has 0 heterocycles. The third kappa shape index (κ3) is 5.02. The number of hydrogen-bond donors (Lipinski definition) is 1. The number of benzene rings is 1. The van der Waals surface area contributed by atoms with Crippen LogP contribution in [0, 0.1) is 11.3 Å². The monoisotopic (exact) mass is 415 g/mol. The van der Waals surface area contributed by atoms with E-state index in [4.69, 9.17) is 14.7 Å². The van der Waals surface area contributed by atoms with Crippen molar-refractivity contribution in [2.75, 3.05) is 13.2 Å². The average molecular weight is 415 g/mol. The molecule has 0 bridgehead atoms. The van der Waals surface area contributed by atoms with Crippen molar-refractivity contribution in [3.8, 4) is 17.6 Å². The van der Waals surface area contributed by atoms with Crippen LogP contribution in [0.2, 0.25) is 0 Å². The van der Waals surface area contributed by atoms with Crippen molar-refractivity contribution in [2.24, 2.45) is 5.10 Å². The molecule has 13 heteroatoms. The Morgan fingerprint density at radius 1 is 1.18 bits per heavy atom. The Hall–Kier alpha value is -3.04. The molecule has 0 radical (unpaired) electrons. The Kier molecular flexibility index (Phi) is 7.20. The van der Waals surface area contributed by atoms with E-state index in [9.17, 15) is 35.5 Å². The van der Waals surface area contributed by atoms with Gasteiger partial charge in [-0.15, -0.1) is 0 Å². The van der Waals surface area contributed by atoms with Gasteiger partial charge in [-0.2, -0.15) is 41.1 Å². The van der Waals surface area contributed by atoms with Crippen LogP contribution in [-0.2, 0) is 4.79 Å². The predicted octanol–water partition coefficient (Wildman–Crippen LogP) is 3.27. The fourth-order valence-electron chi connectivity index (χ4n) is 1.66. The maximum Gasteiger partial charge on any atom is 0.460 e. The molecule has 0 unspecified atom stereocenters. The van der Waals surface area contributed by atoms with Crippen LogP contribution in [0.1, 0.15) is 12.5 Å². The molecule has 0 saturated carbocycles. The van der Waals surface area contributed by atoms with Crippen molar-refractivity contribution in [1.29, 1.82) is 5.26 Å². The van der Waals surface area contributed by atoms with Crippen LogP contribution < -0.4 is 14.9 Å². The summed E-state index contributed by atoms with van der Waals surface area (Å²) in [4.78, 5) is 11.1. The van der Waals surface area contributed by atoms with Crippen molar-refractivity contribution in [2.45, 2.75) is 24.9 Å². The summed E-state index contributed by atoms with van der Waals surface area (Å²) in [6.45, 7) is 1.50. The molecule has 1 rings (SSSR count). The molecule has 1 amide bonds. The molecular formula is C15H12F7N3O3. The zero-order chi connectivity index (χ0) is 21.6. The van der Waals surface area contributed by atoms with Gasteiger partial charge in [0.25, 0.3) is 0 Å². The van der Waals surface area contributed by atoms with Crippen molar-refractivity contribution in [1.82, 2.24) is 5.43 Å². The average Bonchev–Trinajstić information content (AvgIpc) is 2.60. The molecule has 0 saturated heterocycles. The van der Waals surface area contributed by atoms with Crippen LogP contribution in [-0.4, -0.2) is 43.4 Å². The summed E-state index contributed by atoms with van der Waals surface area (Å²) >= 11 is 0. The van der Waals surface area contributed by atoms with Crippen molar-refractivity contribution in [3.05, 3.63) is 23.8 Å². The maximum atomic E-state index is 13.1. The summed E-state index contributed by atoms with van der Waals surface area (Å²) in [7, 11) is 0. The summed E-state index contributed by atoms with van der Waals surface area (Å²) in [6, 6.07) is 5.54. The predicted molar refractivity (Wildman–Crippen MR) is 80.4 cm³/mol.